The van der Waals surface area contributed by atoms with Gasteiger partial charge in [0, 0.05) is 33.5 Å². The Hall–Kier alpha value is -3.57. The summed E-state index contributed by atoms with van der Waals surface area (Å²) < 4.78 is 5.96. The topological polar surface area (TPSA) is 74.2 Å². The van der Waals surface area contributed by atoms with Crippen molar-refractivity contribution in [3.05, 3.63) is 86.9 Å². The van der Waals surface area contributed by atoms with Gasteiger partial charge in [0.2, 0.25) is 0 Å². The summed E-state index contributed by atoms with van der Waals surface area (Å²) in [6.45, 7) is 1.88. The van der Waals surface area contributed by atoms with E-state index in [0.29, 0.717) is 27.8 Å². The quantitative estimate of drug-likeness (QED) is 0.452. The second-order valence-electron chi connectivity index (χ2n) is 6.83. The molecule has 0 spiro atoms. The first kappa shape index (κ1) is 17.5. The predicted molar refractivity (Wildman–Crippen MR) is 117 cm³/mol. The lowest BCUT2D eigenvalue weighted by Gasteiger charge is -2.00. The SMILES string of the molecule is Cc1oc(-c2ccc(Cl)cc2)cc1-c1[nH][nH]c(=O)c1/C=C1\C=Nc2ccccc21. The first-order valence-electron chi connectivity index (χ1n) is 9.13. The molecule has 2 aromatic carbocycles. The number of hydrogen-bond donors (Lipinski definition) is 2. The lowest BCUT2D eigenvalue weighted by molar-refractivity contribution is 0.549. The van der Waals surface area contributed by atoms with Crippen molar-refractivity contribution < 1.29 is 4.42 Å². The molecule has 2 N–H and O–H groups in total. The minimum atomic E-state index is -0.195. The Balaban J connectivity index is 1.60. The zero-order chi connectivity index (χ0) is 20.0. The van der Waals surface area contributed by atoms with E-state index in [-0.39, 0.29) is 5.56 Å². The molecule has 0 saturated carbocycles. The molecule has 1 aliphatic heterocycles. The molecule has 0 amide bonds. The molecule has 0 fully saturated rings. The van der Waals surface area contributed by atoms with Crippen molar-refractivity contribution in [1.29, 1.82) is 0 Å². The van der Waals surface area contributed by atoms with Crippen molar-refractivity contribution in [2.45, 2.75) is 6.92 Å². The number of furan rings is 1. The number of H-pyrrole nitrogens is 2. The Bertz CT molecular complexity index is 1340. The highest BCUT2D eigenvalue weighted by Crippen LogP contribution is 2.35. The van der Waals surface area contributed by atoms with E-state index in [1.54, 1.807) is 6.21 Å². The van der Waals surface area contributed by atoms with Crippen LogP contribution in [0.2, 0.25) is 5.02 Å². The number of fused-ring (bicyclic) bond motifs is 1. The van der Waals surface area contributed by atoms with Gasteiger partial charge in [-0.2, -0.15) is 0 Å². The number of halogens is 1. The van der Waals surface area contributed by atoms with Crippen LogP contribution in [0, 0.1) is 6.92 Å². The van der Waals surface area contributed by atoms with E-state index in [1.165, 1.54) is 0 Å². The van der Waals surface area contributed by atoms with Gasteiger partial charge in [-0.1, -0.05) is 29.8 Å². The molecule has 5 rings (SSSR count). The zero-order valence-corrected chi connectivity index (χ0v) is 16.2. The van der Waals surface area contributed by atoms with Crippen LogP contribution in [-0.4, -0.2) is 16.4 Å². The lowest BCUT2D eigenvalue weighted by atomic mass is 10.0. The molecular formula is C23H16ClN3O2. The summed E-state index contributed by atoms with van der Waals surface area (Å²) in [6, 6.07) is 17.2. The fraction of sp³-hybridized carbons (Fsp3) is 0.0435. The maximum absolute atomic E-state index is 12.5. The summed E-state index contributed by atoms with van der Waals surface area (Å²) in [5.41, 5.74) is 5.56. The molecule has 29 heavy (non-hydrogen) atoms. The number of aryl methyl sites for hydroxylation is 1. The van der Waals surface area contributed by atoms with Gasteiger partial charge in [0.05, 0.1) is 16.9 Å². The van der Waals surface area contributed by atoms with E-state index in [2.05, 4.69) is 15.2 Å². The molecule has 4 aromatic rings. The maximum atomic E-state index is 12.5. The number of allylic oxidation sites excluding steroid dienone is 1. The maximum Gasteiger partial charge on any atom is 0.271 e. The first-order valence-corrected chi connectivity index (χ1v) is 9.50. The number of nitrogens with one attached hydrogen (secondary N) is 2. The van der Waals surface area contributed by atoms with Crippen LogP contribution in [0.3, 0.4) is 0 Å². The molecular weight excluding hydrogens is 386 g/mol. The third-order valence-corrected chi connectivity index (χ3v) is 5.24. The second kappa shape index (κ2) is 6.79. The van der Waals surface area contributed by atoms with Gasteiger partial charge in [-0.15, -0.1) is 0 Å². The van der Waals surface area contributed by atoms with Crippen LogP contribution in [0.5, 0.6) is 0 Å². The highest BCUT2D eigenvalue weighted by molar-refractivity contribution is 6.30. The summed E-state index contributed by atoms with van der Waals surface area (Å²) in [6.07, 6.45) is 3.64. The molecule has 6 heteroatoms. The summed E-state index contributed by atoms with van der Waals surface area (Å²) in [7, 11) is 0. The molecule has 3 heterocycles. The fourth-order valence-corrected chi connectivity index (χ4v) is 3.64. The minimum Gasteiger partial charge on any atom is -0.461 e. The number of para-hydroxylation sites is 1. The molecule has 142 valence electrons. The van der Waals surface area contributed by atoms with Gasteiger partial charge < -0.3 is 4.42 Å². The van der Waals surface area contributed by atoms with E-state index in [9.17, 15) is 4.79 Å². The van der Waals surface area contributed by atoms with E-state index in [0.717, 1.165) is 28.0 Å². The van der Waals surface area contributed by atoms with E-state index in [1.807, 2.05) is 67.6 Å². The van der Waals surface area contributed by atoms with Crippen LogP contribution in [-0.2, 0) is 0 Å². The van der Waals surface area contributed by atoms with Gasteiger partial charge in [-0.3, -0.25) is 20.0 Å². The van der Waals surface area contributed by atoms with Gasteiger partial charge >= 0.3 is 0 Å². The van der Waals surface area contributed by atoms with Gasteiger partial charge in [-0.05, 0) is 49.4 Å². The van der Waals surface area contributed by atoms with Crippen molar-refractivity contribution in [3.63, 3.8) is 0 Å². The summed E-state index contributed by atoms with van der Waals surface area (Å²) in [5.74, 6) is 1.42. The summed E-state index contributed by atoms with van der Waals surface area (Å²) in [4.78, 5) is 16.9. The number of aromatic nitrogens is 2. The Labute approximate surface area is 171 Å². The average molecular weight is 402 g/mol. The Kier molecular flexibility index (Phi) is 4.11. The van der Waals surface area contributed by atoms with E-state index >= 15 is 0 Å². The highest BCUT2D eigenvalue weighted by atomic mass is 35.5. The van der Waals surface area contributed by atoms with Crippen molar-refractivity contribution in [3.8, 4) is 22.6 Å². The summed E-state index contributed by atoms with van der Waals surface area (Å²) in [5, 5.41) is 6.35. The van der Waals surface area contributed by atoms with Gasteiger partial charge in [0.1, 0.15) is 11.5 Å². The van der Waals surface area contributed by atoms with Gasteiger partial charge in [-0.25, -0.2) is 0 Å². The lowest BCUT2D eigenvalue weighted by Crippen LogP contribution is -2.02. The zero-order valence-electron chi connectivity index (χ0n) is 15.5. The number of hydrogen-bond acceptors (Lipinski definition) is 3. The average Bonchev–Trinajstić information content (AvgIpc) is 3.41. The molecule has 1 aliphatic rings. The van der Waals surface area contributed by atoms with Crippen molar-refractivity contribution in [2.75, 3.05) is 0 Å². The normalized spacial score (nSPS) is 13.9. The molecule has 0 unspecified atom stereocenters. The summed E-state index contributed by atoms with van der Waals surface area (Å²) >= 11 is 5.98. The Morgan fingerprint density at radius 2 is 1.83 bits per heavy atom. The minimum absolute atomic E-state index is 0.195. The highest BCUT2D eigenvalue weighted by Gasteiger charge is 2.19. The van der Waals surface area contributed by atoms with Crippen molar-refractivity contribution in [2.24, 2.45) is 4.99 Å². The number of aliphatic imine (C=N–C) groups is 1. The third-order valence-electron chi connectivity index (χ3n) is 4.99. The third kappa shape index (κ3) is 3.05. The van der Waals surface area contributed by atoms with Crippen molar-refractivity contribution >= 4 is 35.2 Å². The van der Waals surface area contributed by atoms with Crippen LogP contribution in [0.4, 0.5) is 5.69 Å². The number of aromatic amines is 2. The van der Waals surface area contributed by atoms with Crippen LogP contribution in [0.25, 0.3) is 34.2 Å². The first-order chi connectivity index (χ1) is 14.1. The van der Waals surface area contributed by atoms with Gasteiger partial charge in [0.15, 0.2) is 0 Å². The Morgan fingerprint density at radius 3 is 2.66 bits per heavy atom. The molecule has 5 nitrogen and oxygen atoms in total. The van der Waals surface area contributed by atoms with Gasteiger partial charge in [0.25, 0.3) is 5.56 Å². The second-order valence-corrected chi connectivity index (χ2v) is 7.27. The fourth-order valence-electron chi connectivity index (χ4n) is 3.51. The van der Waals surface area contributed by atoms with Crippen LogP contribution >= 0.6 is 11.6 Å². The standard InChI is InChI=1S/C23H16ClN3O2/c1-13-18(11-21(29-13)14-6-8-16(24)9-7-14)22-19(23(28)27-26-22)10-15-12-25-20-5-3-2-4-17(15)20/h2-12H,1H3,(H2,26,27,28)/b15-10+. The van der Waals surface area contributed by atoms with Crippen LogP contribution in [0.15, 0.2) is 68.8 Å². The largest absolute Gasteiger partial charge is 0.461 e. The van der Waals surface area contributed by atoms with E-state index < -0.39 is 0 Å². The Morgan fingerprint density at radius 1 is 1.03 bits per heavy atom. The predicted octanol–water partition coefficient (Wildman–Crippen LogP) is 5.85. The molecule has 0 radical (unpaired) electrons. The molecule has 0 saturated heterocycles. The molecule has 0 aliphatic carbocycles. The molecule has 0 atom stereocenters. The molecule has 0 bridgehead atoms. The monoisotopic (exact) mass is 401 g/mol. The van der Waals surface area contributed by atoms with Crippen LogP contribution in [0.1, 0.15) is 16.9 Å². The number of nitrogens with zero attached hydrogens (tertiary/aromatic N) is 1. The van der Waals surface area contributed by atoms with Crippen LogP contribution < -0.4 is 5.56 Å². The van der Waals surface area contributed by atoms with E-state index in [4.69, 9.17) is 16.0 Å². The molecule has 2 aromatic heterocycles. The van der Waals surface area contributed by atoms with Crippen molar-refractivity contribution in [1.82, 2.24) is 10.2 Å². The number of rotatable bonds is 3. The number of benzene rings is 2. The smallest absolute Gasteiger partial charge is 0.271 e.